The monoisotopic (exact) mass is 471 g/mol. The summed E-state index contributed by atoms with van der Waals surface area (Å²) < 4.78 is 5.74. The number of aliphatic hydroxyl groups is 1. The van der Waals surface area contributed by atoms with E-state index in [2.05, 4.69) is 13.8 Å². The molecule has 6 heteroatoms. The van der Waals surface area contributed by atoms with Gasteiger partial charge in [0.15, 0.2) is 0 Å². The van der Waals surface area contributed by atoms with Crippen LogP contribution in [0.3, 0.4) is 0 Å². The number of amides is 1. The molecule has 6 nitrogen and oxygen atoms in total. The van der Waals surface area contributed by atoms with Gasteiger partial charge in [-0.25, -0.2) is 0 Å². The Balaban J connectivity index is 1.88. The minimum absolute atomic E-state index is 0.0182. The lowest BCUT2D eigenvalue weighted by Gasteiger charge is -2.26. The van der Waals surface area contributed by atoms with Crippen molar-refractivity contribution in [3.8, 4) is 11.5 Å². The molecule has 2 N–H and O–H groups in total. The molecule has 1 aliphatic rings. The van der Waals surface area contributed by atoms with E-state index in [0.29, 0.717) is 28.5 Å². The molecule has 0 saturated carbocycles. The maximum absolute atomic E-state index is 13.3. The van der Waals surface area contributed by atoms with Gasteiger partial charge in [-0.2, -0.15) is 0 Å². The van der Waals surface area contributed by atoms with Crippen LogP contribution in [0.1, 0.15) is 56.3 Å². The van der Waals surface area contributed by atoms with Crippen LogP contribution in [0, 0.1) is 0 Å². The molecule has 1 unspecified atom stereocenters. The van der Waals surface area contributed by atoms with Gasteiger partial charge in [-0.05, 0) is 67.3 Å². The van der Waals surface area contributed by atoms with Crippen molar-refractivity contribution >= 4 is 23.1 Å². The molecule has 35 heavy (non-hydrogen) atoms. The van der Waals surface area contributed by atoms with E-state index in [1.807, 2.05) is 38.1 Å². The Morgan fingerprint density at radius 2 is 1.57 bits per heavy atom. The molecular formula is C29H29NO5. The number of ketones is 1. The maximum atomic E-state index is 13.3. The van der Waals surface area contributed by atoms with E-state index in [1.165, 1.54) is 17.0 Å². The Morgan fingerprint density at radius 3 is 2.17 bits per heavy atom. The quantitative estimate of drug-likeness (QED) is 0.264. The molecule has 1 heterocycles. The average Bonchev–Trinajstić information content (AvgIpc) is 3.09. The lowest BCUT2D eigenvalue weighted by molar-refractivity contribution is -0.132. The molecule has 0 radical (unpaired) electrons. The number of benzene rings is 3. The first-order valence-corrected chi connectivity index (χ1v) is 11.6. The number of ether oxygens (including phenoxy) is 1. The molecule has 1 saturated heterocycles. The summed E-state index contributed by atoms with van der Waals surface area (Å²) in [6.45, 7) is 7.95. The van der Waals surface area contributed by atoms with Gasteiger partial charge in [0.1, 0.15) is 17.3 Å². The summed E-state index contributed by atoms with van der Waals surface area (Å²) in [6, 6.07) is 19.7. The normalized spacial score (nSPS) is 17.4. The molecule has 0 aromatic heterocycles. The second-order valence-electron chi connectivity index (χ2n) is 9.20. The van der Waals surface area contributed by atoms with Gasteiger partial charge in [-0.3, -0.25) is 14.5 Å². The third-order valence-corrected chi connectivity index (χ3v) is 5.97. The maximum Gasteiger partial charge on any atom is 0.300 e. The summed E-state index contributed by atoms with van der Waals surface area (Å²) >= 11 is 0. The number of carbonyl (C=O) groups is 2. The summed E-state index contributed by atoms with van der Waals surface area (Å²) in [5.41, 5.74) is 2.60. The first-order chi connectivity index (χ1) is 16.7. The van der Waals surface area contributed by atoms with E-state index >= 15 is 0 Å². The lowest BCUT2D eigenvalue weighted by atomic mass is 9.95. The zero-order chi connectivity index (χ0) is 25.3. The molecule has 1 amide bonds. The van der Waals surface area contributed by atoms with Crippen molar-refractivity contribution in [3.63, 3.8) is 0 Å². The van der Waals surface area contributed by atoms with Crippen LogP contribution in [0.5, 0.6) is 11.5 Å². The summed E-state index contributed by atoms with van der Waals surface area (Å²) in [5, 5.41) is 21.1. The molecule has 0 aliphatic carbocycles. The van der Waals surface area contributed by atoms with Crippen LogP contribution < -0.4 is 9.64 Å². The van der Waals surface area contributed by atoms with Crippen molar-refractivity contribution < 1.29 is 24.5 Å². The van der Waals surface area contributed by atoms with Crippen molar-refractivity contribution in [2.24, 2.45) is 0 Å². The van der Waals surface area contributed by atoms with E-state index in [9.17, 15) is 19.8 Å². The summed E-state index contributed by atoms with van der Waals surface area (Å²) in [7, 11) is 0. The van der Waals surface area contributed by atoms with Gasteiger partial charge in [0.05, 0.1) is 17.7 Å². The Labute approximate surface area is 205 Å². The van der Waals surface area contributed by atoms with Crippen molar-refractivity contribution in [3.05, 3.63) is 95.1 Å². The van der Waals surface area contributed by atoms with Gasteiger partial charge < -0.3 is 14.9 Å². The Hall–Kier alpha value is -4.06. The number of nitrogens with zero attached hydrogens (tertiary/aromatic N) is 1. The summed E-state index contributed by atoms with van der Waals surface area (Å²) in [4.78, 5) is 28.0. The first kappa shape index (κ1) is 24.1. The van der Waals surface area contributed by atoms with Crippen LogP contribution in [0.15, 0.2) is 78.4 Å². The highest BCUT2D eigenvalue weighted by molar-refractivity contribution is 6.51. The van der Waals surface area contributed by atoms with Crippen molar-refractivity contribution in [1.29, 1.82) is 0 Å². The number of hydrogen-bond donors (Lipinski definition) is 2. The van der Waals surface area contributed by atoms with E-state index in [1.54, 1.807) is 36.4 Å². The van der Waals surface area contributed by atoms with Gasteiger partial charge in [0, 0.05) is 11.3 Å². The standard InChI is InChI=1S/C29H29NO5/c1-17(2)19-8-12-22(13-9-19)30-26(20-10-14-23(31)15-11-20)25(28(33)29(30)34)27(32)21-6-5-7-24(16-21)35-18(3)4/h5-18,26,31-32H,1-4H3/b27-25-. The van der Waals surface area contributed by atoms with E-state index in [0.717, 1.165) is 5.56 Å². The van der Waals surface area contributed by atoms with E-state index in [-0.39, 0.29) is 23.2 Å². The average molecular weight is 472 g/mol. The highest BCUT2D eigenvalue weighted by atomic mass is 16.5. The number of rotatable bonds is 6. The minimum Gasteiger partial charge on any atom is -0.508 e. The number of anilines is 1. The van der Waals surface area contributed by atoms with Crippen molar-refractivity contribution in [2.75, 3.05) is 4.90 Å². The van der Waals surface area contributed by atoms with Crippen LogP contribution in [-0.2, 0) is 9.59 Å². The van der Waals surface area contributed by atoms with Crippen molar-refractivity contribution in [2.45, 2.75) is 45.8 Å². The molecule has 180 valence electrons. The zero-order valence-corrected chi connectivity index (χ0v) is 20.2. The highest BCUT2D eigenvalue weighted by Crippen LogP contribution is 2.43. The fourth-order valence-corrected chi connectivity index (χ4v) is 4.24. The van der Waals surface area contributed by atoms with Gasteiger partial charge >= 0.3 is 0 Å². The predicted molar refractivity (Wildman–Crippen MR) is 136 cm³/mol. The lowest BCUT2D eigenvalue weighted by Crippen LogP contribution is -2.29. The summed E-state index contributed by atoms with van der Waals surface area (Å²) in [6.07, 6.45) is -0.0659. The summed E-state index contributed by atoms with van der Waals surface area (Å²) in [5.74, 6) is -0.862. The first-order valence-electron chi connectivity index (χ1n) is 11.6. The number of phenols is 1. The zero-order valence-electron chi connectivity index (χ0n) is 20.2. The number of carbonyl (C=O) groups excluding carboxylic acids is 2. The van der Waals surface area contributed by atoms with Crippen molar-refractivity contribution in [1.82, 2.24) is 0 Å². The van der Waals surface area contributed by atoms with Gasteiger partial charge in [-0.15, -0.1) is 0 Å². The van der Waals surface area contributed by atoms with Gasteiger partial charge in [0.2, 0.25) is 0 Å². The molecule has 1 atom stereocenters. The fourth-order valence-electron chi connectivity index (χ4n) is 4.24. The van der Waals surface area contributed by atoms with E-state index in [4.69, 9.17) is 4.74 Å². The van der Waals surface area contributed by atoms with E-state index < -0.39 is 17.7 Å². The third kappa shape index (κ3) is 4.78. The highest BCUT2D eigenvalue weighted by Gasteiger charge is 2.47. The Bertz CT molecular complexity index is 1270. The number of aromatic hydroxyl groups is 1. The SMILES string of the molecule is CC(C)Oc1cccc(/C(O)=C2/C(=O)C(=O)N(c3ccc(C(C)C)cc3)C2c2ccc(O)cc2)c1. The molecule has 3 aromatic rings. The Kier molecular flexibility index (Phi) is 6.65. The molecule has 4 rings (SSSR count). The van der Waals surface area contributed by atoms with Crippen LogP contribution >= 0.6 is 0 Å². The number of hydrogen-bond acceptors (Lipinski definition) is 5. The Morgan fingerprint density at radius 1 is 0.914 bits per heavy atom. The second kappa shape index (κ2) is 9.66. The molecular weight excluding hydrogens is 442 g/mol. The molecule has 3 aromatic carbocycles. The fraction of sp³-hybridized carbons (Fsp3) is 0.241. The number of Topliss-reactive ketones (excluding diaryl/α,β-unsaturated/α-hetero) is 1. The second-order valence-corrected chi connectivity index (χ2v) is 9.20. The largest absolute Gasteiger partial charge is 0.508 e. The number of aliphatic hydroxyl groups excluding tert-OH is 1. The smallest absolute Gasteiger partial charge is 0.300 e. The molecule has 0 spiro atoms. The van der Waals surface area contributed by atoms with Gasteiger partial charge in [-0.1, -0.05) is 50.2 Å². The van der Waals surface area contributed by atoms with Crippen LogP contribution in [0.4, 0.5) is 5.69 Å². The minimum atomic E-state index is -0.866. The van der Waals surface area contributed by atoms with Gasteiger partial charge in [0.25, 0.3) is 11.7 Å². The molecule has 1 fully saturated rings. The third-order valence-electron chi connectivity index (χ3n) is 5.97. The molecule has 1 aliphatic heterocycles. The van der Waals surface area contributed by atoms with Crippen LogP contribution in [0.2, 0.25) is 0 Å². The topological polar surface area (TPSA) is 87.1 Å². The van der Waals surface area contributed by atoms with Crippen LogP contribution in [0.25, 0.3) is 5.76 Å². The van der Waals surface area contributed by atoms with Crippen LogP contribution in [-0.4, -0.2) is 28.0 Å². The molecule has 0 bridgehead atoms. The number of phenolic OH excluding ortho intramolecular Hbond substituents is 1. The predicted octanol–water partition coefficient (Wildman–Crippen LogP) is 5.93.